The number of hydrogen-bond donors (Lipinski definition) is 3. The van der Waals surface area contributed by atoms with Gasteiger partial charge in [-0.25, -0.2) is 9.59 Å². The molecule has 1 amide bonds. The molecule has 2 aromatic rings. The van der Waals surface area contributed by atoms with Gasteiger partial charge in [0, 0.05) is 24.2 Å². The Hall–Kier alpha value is -4.27. The van der Waals surface area contributed by atoms with Crippen molar-refractivity contribution in [1.82, 2.24) is 5.32 Å². The summed E-state index contributed by atoms with van der Waals surface area (Å²) in [5.74, 6) is 9.39. The number of carboxylic acids is 1. The first-order valence-electron chi connectivity index (χ1n) is 9.12. The molecule has 0 heterocycles. The van der Waals surface area contributed by atoms with Crippen molar-refractivity contribution in [3.05, 3.63) is 70.3 Å². The van der Waals surface area contributed by atoms with Crippen molar-refractivity contribution in [3.63, 3.8) is 0 Å². The van der Waals surface area contributed by atoms with Crippen molar-refractivity contribution in [2.24, 2.45) is 5.73 Å². The number of aromatic carboxylic acids is 1. The lowest BCUT2D eigenvalue weighted by molar-refractivity contribution is -0.127. The van der Waals surface area contributed by atoms with Gasteiger partial charge in [-0.05, 0) is 29.3 Å². The molecule has 0 aliphatic carbocycles. The maximum absolute atomic E-state index is 11.8. The Bertz CT molecular complexity index is 1070. The number of nitrogens with one attached hydrogen (secondary N) is 1. The second-order valence-electron chi connectivity index (χ2n) is 6.03. The van der Waals surface area contributed by atoms with Crippen LogP contribution in [0.1, 0.15) is 32.6 Å². The Labute approximate surface area is 179 Å². The Kier molecular flexibility index (Phi) is 9.15. The zero-order chi connectivity index (χ0) is 22.5. The molecule has 2 rings (SSSR count). The van der Waals surface area contributed by atoms with Gasteiger partial charge in [-0.15, -0.1) is 0 Å². The standard InChI is InChI=1S/C23H20N2O6/c24-14-18-4-1-5-19(12-18)15-25-23(29)31-11-2-6-17-8-9-20(7-3-10-30-16-26)21(13-17)22(27)28/h1,4-5,8-9,12-13,16H,10-11,14-15,24H2,(H,25,29)(H,27,28). The largest absolute Gasteiger partial charge is 0.478 e. The second-order valence-corrected chi connectivity index (χ2v) is 6.03. The van der Waals surface area contributed by atoms with Gasteiger partial charge >= 0.3 is 12.1 Å². The van der Waals surface area contributed by atoms with Crippen molar-refractivity contribution < 1.29 is 29.0 Å². The molecule has 31 heavy (non-hydrogen) atoms. The van der Waals surface area contributed by atoms with Crippen LogP contribution in [0.3, 0.4) is 0 Å². The van der Waals surface area contributed by atoms with Gasteiger partial charge in [-0.1, -0.05) is 47.9 Å². The number of rotatable bonds is 7. The Balaban J connectivity index is 1.90. The summed E-state index contributed by atoms with van der Waals surface area (Å²) in [6.07, 6.45) is -0.623. The summed E-state index contributed by atoms with van der Waals surface area (Å²) < 4.78 is 9.43. The number of nitrogens with two attached hydrogens (primary N) is 1. The molecule has 0 aromatic heterocycles. The summed E-state index contributed by atoms with van der Waals surface area (Å²) in [5.41, 5.74) is 8.10. The molecule has 0 fully saturated rings. The summed E-state index contributed by atoms with van der Waals surface area (Å²) >= 11 is 0. The molecule has 2 aromatic carbocycles. The highest BCUT2D eigenvalue weighted by atomic mass is 16.5. The first-order chi connectivity index (χ1) is 15.0. The van der Waals surface area contributed by atoms with Gasteiger partial charge in [0.15, 0.2) is 13.2 Å². The van der Waals surface area contributed by atoms with Crippen LogP contribution in [0.4, 0.5) is 4.79 Å². The van der Waals surface area contributed by atoms with E-state index in [1.54, 1.807) is 6.07 Å². The van der Waals surface area contributed by atoms with E-state index in [4.69, 9.17) is 10.5 Å². The average molecular weight is 420 g/mol. The molecule has 0 radical (unpaired) electrons. The average Bonchev–Trinajstić information content (AvgIpc) is 2.78. The molecule has 0 bridgehead atoms. The maximum Gasteiger partial charge on any atom is 0.408 e. The first-order valence-corrected chi connectivity index (χ1v) is 9.12. The minimum atomic E-state index is -1.17. The molecule has 8 nitrogen and oxygen atoms in total. The van der Waals surface area contributed by atoms with Gasteiger partial charge in [0.1, 0.15) is 0 Å². The van der Waals surface area contributed by atoms with Crippen LogP contribution in [-0.4, -0.2) is 36.9 Å². The first kappa shape index (κ1) is 23.0. The molecule has 0 spiro atoms. The Morgan fingerprint density at radius 3 is 2.58 bits per heavy atom. The fourth-order valence-electron chi connectivity index (χ4n) is 2.45. The number of alkyl carbamates (subject to hydrolysis) is 1. The Morgan fingerprint density at radius 1 is 1.06 bits per heavy atom. The summed E-state index contributed by atoms with van der Waals surface area (Å²) in [6, 6.07) is 12.0. The van der Waals surface area contributed by atoms with Crippen LogP contribution in [0.5, 0.6) is 0 Å². The smallest absolute Gasteiger partial charge is 0.408 e. The summed E-state index contributed by atoms with van der Waals surface area (Å²) in [4.78, 5) is 33.3. The molecule has 0 unspecified atom stereocenters. The zero-order valence-corrected chi connectivity index (χ0v) is 16.5. The van der Waals surface area contributed by atoms with E-state index in [2.05, 4.69) is 33.7 Å². The lowest BCUT2D eigenvalue weighted by Crippen LogP contribution is -2.24. The van der Waals surface area contributed by atoms with Gasteiger partial charge < -0.3 is 25.6 Å². The highest BCUT2D eigenvalue weighted by Gasteiger charge is 2.09. The minimum Gasteiger partial charge on any atom is -0.478 e. The molecule has 0 saturated heterocycles. The SMILES string of the molecule is NCc1cccc(CNC(=O)OCC#Cc2ccc(C#CCOC=O)c(C(=O)O)c2)c1. The summed E-state index contributed by atoms with van der Waals surface area (Å²) in [7, 11) is 0. The van der Waals surface area contributed by atoms with Crippen LogP contribution >= 0.6 is 0 Å². The van der Waals surface area contributed by atoms with Crippen LogP contribution in [0.15, 0.2) is 42.5 Å². The molecule has 0 aliphatic heterocycles. The molecule has 158 valence electrons. The quantitative estimate of drug-likeness (QED) is 0.353. The van der Waals surface area contributed by atoms with Crippen molar-refractivity contribution >= 4 is 18.5 Å². The fraction of sp³-hybridized carbons (Fsp3) is 0.174. The third kappa shape index (κ3) is 7.94. The monoisotopic (exact) mass is 420 g/mol. The van der Waals surface area contributed by atoms with Crippen molar-refractivity contribution in [1.29, 1.82) is 0 Å². The summed E-state index contributed by atoms with van der Waals surface area (Å²) in [5, 5.41) is 11.9. The molecular formula is C23H20N2O6. The number of carboxylic acid groups (broad SMARTS) is 1. The minimum absolute atomic E-state index is 0.0382. The third-order valence-corrected chi connectivity index (χ3v) is 3.87. The molecular weight excluding hydrogens is 400 g/mol. The number of ether oxygens (including phenoxy) is 2. The van der Waals surface area contributed by atoms with Gasteiger partial charge in [-0.2, -0.15) is 0 Å². The van der Waals surface area contributed by atoms with E-state index in [1.165, 1.54) is 12.1 Å². The van der Waals surface area contributed by atoms with Crippen LogP contribution in [-0.2, 0) is 27.4 Å². The van der Waals surface area contributed by atoms with Crippen molar-refractivity contribution in [2.75, 3.05) is 13.2 Å². The predicted molar refractivity (Wildman–Crippen MR) is 112 cm³/mol. The van der Waals surface area contributed by atoms with E-state index in [0.717, 1.165) is 11.1 Å². The number of carbonyl (C=O) groups excluding carboxylic acids is 2. The van der Waals surface area contributed by atoms with E-state index in [-0.39, 0.29) is 30.8 Å². The molecule has 0 saturated carbocycles. The van der Waals surface area contributed by atoms with Gasteiger partial charge in [-0.3, -0.25) is 4.79 Å². The van der Waals surface area contributed by atoms with Crippen LogP contribution in [0, 0.1) is 23.7 Å². The number of carbonyl (C=O) groups is 3. The normalized spacial score (nSPS) is 9.32. The predicted octanol–water partition coefficient (Wildman–Crippen LogP) is 1.65. The van der Waals surface area contributed by atoms with Crippen molar-refractivity contribution in [3.8, 4) is 23.7 Å². The second kappa shape index (κ2) is 12.3. The number of benzene rings is 2. The third-order valence-electron chi connectivity index (χ3n) is 3.87. The molecule has 0 aliphatic rings. The highest BCUT2D eigenvalue weighted by molar-refractivity contribution is 5.91. The van der Waals surface area contributed by atoms with Gasteiger partial charge in [0.2, 0.25) is 0 Å². The van der Waals surface area contributed by atoms with E-state index in [0.29, 0.717) is 18.7 Å². The summed E-state index contributed by atoms with van der Waals surface area (Å²) in [6.45, 7) is 0.665. The maximum atomic E-state index is 11.8. The van der Waals surface area contributed by atoms with Crippen LogP contribution in [0.2, 0.25) is 0 Å². The van der Waals surface area contributed by atoms with Gasteiger partial charge in [0.05, 0.1) is 5.56 Å². The van der Waals surface area contributed by atoms with E-state index < -0.39 is 12.1 Å². The highest BCUT2D eigenvalue weighted by Crippen LogP contribution is 2.11. The molecule has 8 heteroatoms. The lowest BCUT2D eigenvalue weighted by atomic mass is 10.0. The molecule has 4 N–H and O–H groups in total. The number of amides is 1. The van der Waals surface area contributed by atoms with E-state index in [9.17, 15) is 19.5 Å². The van der Waals surface area contributed by atoms with Gasteiger partial charge in [0.25, 0.3) is 6.47 Å². The topological polar surface area (TPSA) is 128 Å². The van der Waals surface area contributed by atoms with E-state index >= 15 is 0 Å². The Morgan fingerprint density at radius 2 is 1.84 bits per heavy atom. The van der Waals surface area contributed by atoms with Crippen molar-refractivity contribution in [2.45, 2.75) is 13.1 Å². The molecule has 0 atom stereocenters. The zero-order valence-electron chi connectivity index (χ0n) is 16.5. The lowest BCUT2D eigenvalue weighted by Gasteiger charge is -2.06. The van der Waals surface area contributed by atoms with E-state index in [1.807, 2.05) is 24.3 Å². The number of hydrogen-bond acceptors (Lipinski definition) is 6. The fourth-order valence-corrected chi connectivity index (χ4v) is 2.45. The van der Waals surface area contributed by atoms with Crippen LogP contribution in [0.25, 0.3) is 0 Å². The van der Waals surface area contributed by atoms with Crippen LogP contribution < -0.4 is 11.1 Å².